The molecule has 1 aromatic rings. The van der Waals surface area contributed by atoms with Gasteiger partial charge in [-0.3, -0.25) is 4.79 Å². The van der Waals surface area contributed by atoms with Gasteiger partial charge in [-0.2, -0.15) is 4.31 Å². The third-order valence-corrected chi connectivity index (χ3v) is 7.46. The third kappa shape index (κ3) is 4.67. The molecule has 2 saturated heterocycles. The molecular weight excluding hydrogens is 369 g/mol. The predicted octanol–water partition coefficient (Wildman–Crippen LogP) is 0.219. The molecule has 1 N–H and O–H groups in total. The molecule has 27 heavy (non-hydrogen) atoms. The fourth-order valence-electron chi connectivity index (χ4n) is 4.36. The van der Waals surface area contributed by atoms with Crippen molar-refractivity contribution >= 4 is 15.9 Å². The fraction of sp³-hybridized carbons (Fsp3) is 0.632. The molecule has 0 aliphatic carbocycles. The average molecular weight is 399 g/mol. The van der Waals surface area contributed by atoms with E-state index in [9.17, 15) is 17.6 Å². The van der Waals surface area contributed by atoms with Crippen molar-refractivity contribution in [2.75, 3.05) is 45.8 Å². The Morgan fingerprint density at radius 1 is 1.11 bits per heavy atom. The summed E-state index contributed by atoms with van der Waals surface area (Å²) in [4.78, 5) is 15.4. The molecule has 1 aromatic carbocycles. The van der Waals surface area contributed by atoms with Crippen LogP contribution in [0.3, 0.4) is 0 Å². The Bertz CT molecular complexity index is 768. The number of hydrogen-bond acceptors (Lipinski definition) is 3. The molecule has 2 aliphatic heterocycles. The fourth-order valence-corrected chi connectivity index (χ4v) is 5.85. The minimum absolute atomic E-state index is 0.0780. The number of benzene rings is 1. The van der Waals surface area contributed by atoms with Gasteiger partial charge in [-0.05, 0) is 18.6 Å². The van der Waals surface area contributed by atoms with E-state index in [4.69, 9.17) is 0 Å². The maximum absolute atomic E-state index is 13.9. The maximum Gasteiger partial charge on any atom is 0.277 e. The summed E-state index contributed by atoms with van der Waals surface area (Å²) in [7, 11) is -3.87. The number of hydrogen-bond donors (Lipinski definition) is 1. The highest BCUT2D eigenvalue weighted by Gasteiger charge is 2.33. The number of likely N-dealkylation sites (tertiary alicyclic amines) is 1. The largest absolute Gasteiger partial charge is 0.335 e. The number of amides is 1. The molecule has 2 heterocycles. The van der Waals surface area contributed by atoms with E-state index in [2.05, 4.69) is 13.8 Å². The number of carbonyl (C=O) groups is 1. The summed E-state index contributed by atoms with van der Waals surface area (Å²) in [6.45, 7) is 8.05. The molecule has 2 fully saturated rings. The maximum atomic E-state index is 13.9. The van der Waals surface area contributed by atoms with Gasteiger partial charge < -0.3 is 9.80 Å². The molecule has 3 rings (SSSR count). The highest BCUT2D eigenvalue weighted by Crippen LogP contribution is 2.20. The number of piperidine rings is 1. The SMILES string of the molecule is C[C@@H]1C[C@@H](C)C[NH+](CC(=O)N2CCN(S(=O)(=O)c3ccccc3F)CC2)C1. The van der Waals surface area contributed by atoms with E-state index in [1.54, 1.807) is 4.90 Å². The Morgan fingerprint density at radius 2 is 1.70 bits per heavy atom. The Hall–Kier alpha value is -1.51. The number of halogens is 1. The number of piperazine rings is 1. The van der Waals surface area contributed by atoms with Crippen LogP contribution in [0.25, 0.3) is 0 Å². The highest BCUT2D eigenvalue weighted by molar-refractivity contribution is 7.89. The molecule has 1 amide bonds. The van der Waals surface area contributed by atoms with Gasteiger partial charge in [0.1, 0.15) is 10.7 Å². The van der Waals surface area contributed by atoms with Gasteiger partial charge in [0.2, 0.25) is 10.0 Å². The third-order valence-electron chi connectivity index (χ3n) is 5.53. The highest BCUT2D eigenvalue weighted by atomic mass is 32.2. The van der Waals surface area contributed by atoms with Crippen molar-refractivity contribution in [2.45, 2.75) is 25.2 Å². The molecule has 0 spiro atoms. The molecule has 0 saturated carbocycles. The van der Waals surface area contributed by atoms with Crippen LogP contribution in [0.2, 0.25) is 0 Å². The zero-order valence-electron chi connectivity index (χ0n) is 16.0. The number of nitrogens with one attached hydrogen (secondary N) is 1. The smallest absolute Gasteiger partial charge is 0.277 e. The van der Waals surface area contributed by atoms with Crippen LogP contribution in [-0.2, 0) is 14.8 Å². The molecule has 2 atom stereocenters. The molecule has 0 unspecified atom stereocenters. The summed E-state index contributed by atoms with van der Waals surface area (Å²) in [5.74, 6) is 0.584. The molecule has 8 heteroatoms. The Kier molecular flexibility index (Phi) is 6.18. The van der Waals surface area contributed by atoms with Gasteiger partial charge in [-0.15, -0.1) is 0 Å². The van der Waals surface area contributed by atoms with Gasteiger partial charge in [-0.1, -0.05) is 26.0 Å². The van der Waals surface area contributed by atoms with E-state index in [-0.39, 0.29) is 23.9 Å². The lowest BCUT2D eigenvalue weighted by Gasteiger charge is -2.36. The van der Waals surface area contributed by atoms with E-state index in [0.717, 1.165) is 19.2 Å². The number of nitrogens with zero attached hydrogens (tertiary/aromatic N) is 2. The van der Waals surface area contributed by atoms with E-state index < -0.39 is 15.8 Å². The van der Waals surface area contributed by atoms with Crippen molar-refractivity contribution in [3.63, 3.8) is 0 Å². The normalized spacial score (nSPS) is 27.5. The molecule has 0 bridgehead atoms. The topological polar surface area (TPSA) is 62.1 Å². The van der Waals surface area contributed by atoms with Crippen molar-refractivity contribution in [2.24, 2.45) is 11.8 Å². The summed E-state index contributed by atoms with van der Waals surface area (Å²) >= 11 is 0. The van der Waals surface area contributed by atoms with Crippen molar-refractivity contribution in [3.8, 4) is 0 Å². The van der Waals surface area contributed by atoms with Crippen LogP contribution >= 0.6 is 0 Å². The monoisotopic (exact) mass is 398 g/mol. The van der Waals surface area contributed by atoms with Gasteiger partial charge in [0, 0.05) is 38.0 Å². The van der Waals surface area contributed by atoms with Gasteiger partial charge >= 0.3 is 0 Å². The van der Waals surface area contributed by atoms with Crippen molar-refractivity contribution < 1.29 is 22.5 Å². The van der Waals surface area contributed by atoms with Crippen LogP contribution in [0, 0.1) is 17.7 Å². The minimum Gasteiger partial charge on any atom is -0.335 e. The van der Waals surface area contributed by atoms with Gasteiger partial charge in [0.15, 0.2) is 6.54 Å². The van der Waals surface area contributed by atoms with Crippen molar-refractivity contribution in [1.29, 1.82) is 0 Å². The Morgan fingerprint density at radius 3 is 2.30 bits per heavy atom. The van der Waals surface area contributed by atoms with Gasteiger partial charge in [0.05, 0.1) is 13.1 Å². The van der Waals surface area contributed by atoms with Gasteiger partial charge in [-0.25, -0.2) is 12.8 Å². The zero-order chi connectivity index (χ0) is 19.6. The Balaban J connectivity index is 1.57. The van der Waals surface area contributed by atoms with Crippen molar-refractivity contribution in [1.82, 2.24) is 9.21 Å². The summed E-state index contributed by atoms with van der Waals surface area (Å²) in [5, 5.41) is 0. The quantitative estimate of drug-likeness (QED) is 0.789. The minimum atomic E-state index is -3.87. The molecule has 2 aliphatic rings. The zero-order valence-corrected chi connectivity index (χ0v) is 16.8. The van der Waals surface area contributed by atoms with Crippen LogP contribution in [0.1, 0.15) is 20.3 Å². The van der Waals surface area contributed by atoms with Crippen LogP contribution in [-0.4, -0.2) is 69.3 Å². The summed E-state index contributed by atoms with van der Waals surface area (Å²) in [6, 6.07) is 5.41. The van der Waals surface area contributed by atoms with Crippen LogP contribution in [0.5, 0.6) is 0 Å². The standard InChI is InChI=1S/C19H28FN3O3S/c1-15-11-16(2)13-21(12-15)14-19(24)22-7-9-23(10-8-22)27(25,26)18-6-4-3-5-17(18)20/h3-6,15-16H,7-14H2,1-2H3/p+1/t15-,16-/m1/s1. The average Bonchev–Trinajstić information content (AvgIpc) is 2.61. The second kappa shape index (κ2) is 8.24. The van der Waals surface area contributed by atoms with Crippen LogP contribution < -0.4 is 4.90 Å². The molecular formula is C19H29FN3O3S+. The second-order valence-electron chi connectivity index (χ2n) is 8.00. The lowest BCUT2D eigenvalue weighted by molar-refractivity contribution is -0.904. The van der Waals surface area contributed by atoms with Crippen LogP contribution in [0.4, 0.5) is 4.39 Å². The van der Waals surface area contributed by atoms with Gasteiger partial charge in [0.25, 0.3) is 5.91 Å². The predicted molar refractivity (Wildman–Crippen MR) is 100 cm³/mol. The molecule has 0 aromatic heterocycles. The summed E-state index contributed by atoms with van der Waals surface area (Å²) in [6.07, 6.45) is 1.21. The second-order valence-corrected chi connectivity index (χ2v) is 9.90. The van der Waals surface area contributed by atoms with E-state index in [1.165, 1.54) is 33.8 Å². The first-order valence-corrected chi connectivity index (χ1v) is 11.1. The summed E-state index contributed by atoms with van der Waals surface area (Å²) in [5.41, 5.74) is 0. The Labute approximate surface area is 161 Å². The first-order valence-electron chi connectivity index (χ1n) is 9.63. The van der Waals surface area contributed by atoms with E-state index in [1.807, 2.05) is 0 Å². The molecule has 0 radical (unpaired) electrons. The number of carbonyl (C=O) groups excluding carboxylic acids is 1. The molecule has 150 valence electrons. The summed E-state index contributed by atoms with van der Waals surface area (Å²) < 4.78 is 40.5. The number of rotatable bonds is 4. The lowest BCUT2D eigenvalue weighted by Crippen LogP contribution is -3.15. The molecule has 6 nitrogen and oxygen atoms in total. The van der Waals surface area contributed by atoms with E-state index >= 15 is 0 Å². The first-order chi connectivity index (χ1) is 12.8. The lowest BCUT2D eigenvalue weighted by atomic mass is 9.92. The number of quaternary nitrogens is 1. The number of sulfonamides is 1. The van der Waals surface area contributed by atoms with E-state index in [0.29, 0.717) is 31.5 Å². The van der Waals surface area contributed by atoms with Crippen molar-refractivity contribution in [3.05, 3.63) is 30.1 Å². The first kappa shape index (κ1) is 20.2. The van der Waals surface area contributed by atoms with Crippen LogP contribution in [0.15, 0.2) is 29.2 Å².